The van der Waals surface area contributed by atoms with Crippen molar-refractivity contribution in [3.8, 4) is 5.88 Å². The molecule has 3 rings (SSSR count). The van der Waals surface area contributed by atoms with E-state index in [1.165, 1.54) is 16.8 Å². The molecule has 3 heterocycles. The van der Waals surface area contributed by atoms with Crippen LogP contribution in [-0.2, 0) is 10.0 Å². The first-order valence-electron chi connectivity index (χ1n) is 7.70. The fraction of sp³-hybridized carbons (Fsp3) is 0.533. The van der Waals surface area contributed by atoms with Gasteiger partial charge in [-0.15, -0.1) is 0 Å². The molecule has 0 N–H and O–H groups in total. The maximum absolute atomic E-state index is 12.6. The van der Waals surface area contributed by atoms with Crippen molar-refractivity contribution in [1.29, 1.82) is 0 Å². The van der Waals surface area contributed by atoms with Crippen molar-refractivity contribution in [3.05, 3.63) is 23.4 Å². The van der Waals surface area contributed by atoms with E-state index in [9.17, 15) is 8.42 Å². The van der Waals surface area contributed by atoms with E-state index in [0.717, 1.165) is 0 Å². The van der Waals surface area contributed by atoms with Crippen molar-refractivity contribution >= 4 is 34.2 Å². The Morgan fingerprint density at radius 3 is 2.71 bits per heavy atom. The molecule has 1 saturated heterocycles. The minimum absolute atomic E-state index is 0.0493. The van der Waals surface area contributed by atoms with Crippen LogP contribution in [0, 0.1) is 0 Å². The maximum Gasteiger partial charge on any atom is 0.216 e. The molecule has 0 spiro atoms. The van der Waals surface area contributed by atoms with Gasteiger partial charge in [-0.3, -0.25) is 4.99 Å². The third-order valence-electron chi connectivity index (χ3n) is 4.03. The van der Waals surface area contributed by atoms with Gasteiger partial charge in [0.05, 0.1) is 10.8 Å². The first-order valence-corrected chi connectivity index (χ1v) is 9.69. The number of sulfonamides is 1. The number of halogens is 1. The van der Waals surface area contributed by atoms with Crippen LogP contribution in [0.4, 0.5) is 0 Å². The zero-order valence-electron chi connectivity index (χ0n) is 13.3. The molecule has 0 aliphatic carbocycles. The molecule has 2 aliphatic heterocycles. The number of pyridine rings is 1. The van der Waals surface area contributed by atoms with Crippen molar-refractivity contribution in [2.24, 2.45) is 9.98 Å². The van der Waals surface area contributed by atoms with Crippen molar-refractivity contribution < 1.29 is 13.2 Å². The lowest BCUT2D eigenvalue weighted by molar-refractivity contribution is 0.130. The Morgan fingerprint density at radius 1 is 1.38 bits per heavy atom. The van der Waals surface area contributed by atoms with E-state index < -0.39 is 15.6 Å². The second-order valence-electron chi connectivity index (χ2n) is 6.17. The Balaban J connectivity index is 1.55. The summed E-state index contributed by atoms with van der Waals surface area (Å²) >= 11 is 5.79. The van der Waals surface area contributed by atoms with Crippen molar-refractivity contribution in [2.75, 3.05) is 18.8 Å². The first-order chi connectivity index (χ1) is 11.4. The van der Waals surface area contributed by atoms with Gasteiger partial charge >= 0.3 is 0 Å². The number of rotatable bonds is 5. The van der Waals surface area contributed by atoms with Crippen molar-refractivity contribution in [2.45, 2.75) is 31.4 Å². The quantitative estimate of drug-likeness (QED) is 0.790. The highest BCUT2D eigenvalue weighted by Crippen LogP contribution is 2.23. The molecule has 24 heavy (non-hydrogen) atoms. The van der Waals surface area contributed by atoms with E-state index >= 15 is 0 Å². The van der Waals surface area contributed by atoms with Crippen molar-refractivity contribution in [3.63, 3.8) is 0 Å². The molecule has 0 bridgehead atoms. The van der Waals surface area contributed by atoms with Crippen LogP contribution >= 0.6 is 11.6 Å². The Kier molecular flexibility index (Phi) is 4.89. The van der Waals surface area contributed by atoms with E-state index in [2.05, 4.69) is 15.0 Å². The van der Waals surface area contributed by atoms with Gasteiger partial charge in [-0.25, -0.2) is 22.7 Å². The minimum atomic E-state index is -3.39. The Bertz CT molecular complexity index is 728. The molecule has 2 aliphatic rings. The number of piperidine rings is 1. The van der Waals surface area contributed by atoms with Crippen LogP contribution < -0.4 is 4.74 Å². The van der Waals surface area contributed by atoms with Crippen LogP contribution in [0.1, 0.15) is 19.8 Å². The third-order valence-corrected chi connectivity index (χ3v) is 6.35. The lowest BCUT2D eigenvalue weighted by Gasteiger charge is -2.32. The minimum Gasteiger partial charge on any atom is -0.474 e. The van der Waals surface area contributed by atoms with E-state index in [1.54, 1.807) is 25.3 Å². The molecule has 0 amide bonds. The highest BCUT2D eigenvalue weighted by Gasteiger charge is 2.36. The topological polar surface area (TPSA) is 84.2 Å². The van der Waals surface area contributed by atoms with E-state index in [0.29, 0.717) is 36.8 Å². The standard InChI is InChI=1S/C15H19ClN4O3S/c1-15(9-17-11-19-15)10-24(21,22)20-6-4-13(5-7-20)23-14-3-2-12(16)8-18-14/h2-3,8-9,11,13H,4-7,10H2,1H3/t15-/m0/s1. The molecule has 9 heteroatoms. The Hall–Kier alpha value is -1.51. The second-order valence-corrected chi connectivity index (χ2v) is 8.57. The molecule has 0 aromatic carbocycles. The molecular weight excluding hydrogens is 352 g/mol. The number of ether oxygens (including phenoxy) is 1. The summed E-state index contributed by atoms with van der Waals surface area (Å²) in [5.41, 5.74) is -0.764. The maximum atomic E-state index is 12.6. The zero-order valence-corrected chi connectivity index (χ0v) is 14.9. The van der Waals surface area contributed by atoms with Crippen LogP contribution in [0.5, 0.6) is 5.88 Å². The molecule has 1 fully saturated rings. The normalized spacial score (nSPS) is 25.2. The predicted octanol–water partition coefficient (Wildman–Crippen LogP) is 1.78. The van der Waals surface area contributed by atoms with Gasteiger partial charge in [0.25, 0.3) is 0 Å². The number of nitrogens with zero attached hydrogens (tertiary/aromatic N) is 4. The zero-order chi connectivity index (χ0) is 17.2. The molecule has 0 saturated carbocycles. The van der Waals surface area contributed by atoms with Gasteiger partial charge in [0.1, 0.15) is 18.0 Å². The monoisotopic (exact) mass is 370 g/mol. The van der Waals surface area contributed by atoms with Crippen LogP contribution in [0.15, 0.2) is 28.3 Å². The summed E-state index contributed by atoms with van der Waals surface area (Å²) < 4.78 is 32.4. The van der Waals surface area contributed by atoms with Crippen molar-refractivity contribution in [1.82, 2.24) is 9.29 Å². The molecule has 0 unspecified atom stereocenters. The average Bonchev–Trinajstić information content (AvgIpc) is 2.95. The molecule has 0 radical (unpaired) electrons. The lowest BCUT2D eigenvalue weighted by Crippen LogP contribution is -2.46. The van der Waals surface area contributed by atoms with Crippen LogP contribution in [0.25, 0.3) is 0 Å². The first kappa shape index (κ1) is 17.3. The Labute approximate surface area is 146 Å². The van der Waals surface area contributed by atoms with E-state index in [-0.39, 0.29) is 11.9 Å². The summed E-state index contributed by atoms with van der Waals surface area (Å²) in [7, 11) is -3.39. The highest BCUT2D eigenvalue weighted by molar-refractivity contribution is 7.89. The van der Waals surface area contributed by atoms with Gasteiger partial charge in [0.2, 0.25) is 15.9 Å². The number of hydrogen-bond donors (Lipinski definition) is 0. The number of aromatic nitrogens is 1. The Morgan fingerprint density at radius 2 is 2.12 bits per heavy atom. The summed E-state index contributed by atoms with van der Waals surface area (Å²) in [5.74, 6) is 0.439. The predicted molar refractivity (Wildman–Crippen MR) is 93.6 cm³/mol. The van der Waals surface area contributed by atoms with E-state index in [4.69, 9.17) is 16.3 Å². The van der Waals surface area contributed by atoms with Gasteiger partial charge in [-0.2, -0.15) is 0 Å². The van der Waals surface area contributed by atoms with Gasteiger partial charge in [0.15, 0.2) is 0 Å². The summed E-state index contributed by atoms with van der Waals surface area (Å²) in [6, 6.07) is 3.43. The fourth-order valence-electron chi connectivity index (χ4n) is 2.76. The van der Waals surface area contributed by atoms with Gasteiger partial charge in [-0.1, -0.05) is 11.6 Å². The van der Waals surface area contributed by atoms with Gasteiger partial charge in [-0.05, 0) is 25.8 Å². The smallest absolute Gasteiger partial charge is 0.216 e. The highest BCUT2D eigenvalue weighted by atomic mass is 35.5. The fourth-order valence-corrected chi connectivity index (χ4v) is 4.71. The van der Waals surface area contributed by atoms with Crippen LogP contribution in [-0.4, -0.2) is 60.7 Å². The molecule has 7 nitrogen and oxygen atoms in total. The van der Waals surface area contributed by atoms with Crippen LogP contribution in [0.2, 0.25) is 5.02 Å². The van der Waals surface area contributed by atoms with Crippen LogP contribution in [0.3, 0.4) is 0 Å². The second kappa shape index (κ2) is 6.78. The number of hydrogen-bond acceptors (Lipinski definition) is 6. The average molecular weight is 371 g/mol. The molecule has 1 aromatic heterocycles. The molecule has 1 atom stereocenters. The summed E-state index contributed by atoms with van der Waals surface area (Å²) in [6.07, 6.45) is 5.70. The summed E-state index contributed by atoms with van der Waals surface area (Å²) in [5, 5.41) is 0.551. The van der Waals surface area contributed by atoms with E-state index in [1.807, 2.05) is 0 Å². The molecule has 130 valence electrons. The molecular formula is C15H19ClN4O3S. The van der Waals surface area contributed by atoms with Gasteiger partial charge < -0.3 is 4.74 Å². The molecule has 1 aromatic rings. The number of aliphatic imine (C=N–C) groups is 2. The SMILES string of the molecule is C[C@@]1(CS(=O)(=O)N2CCC(Oc3ccc(Cl)cn3)CC2)C=NC=N1. The summed E-state index contributed by atoms with van der Waals surface area (Å²) in [4.78, 5) is 12.1. The summed E-state index contributed by atoms with van der Waals surface area (Å²) in [6.45, 7) is 2.62. The lowest BCUT2D eigenvalue weighted by atomic mass is 10.1. The van der Waals surface area contributed by atoms with Gasteiger partial charge in [0, 0.05) is 31.6 Å². The third kappa shape index (κ3) is 4.12. The largest absolute Gasteiger partial charge is 0.474 e.